The largest absolute Gasteiger partial charge is 0.479 e. The molecule has 0 aromatic heterocycles. The maximum atomic E-state index is 10.3. The molecule has 0 radical (unpaired) electrons. The van der Waals surface area contributed by atoms with E-state index in [-0.39, 0.29) is 0 Å². The number of carboxylic acids is 1. The van der Waals surface area contributed by atoms with Crippen LogP contribution in [0.2, 0.25) is 0 Å². The second-order valence-corrected chi connectivity index (χ2v) is 4.41. The molecule has 2 N–H and O–H groups in total. The molecule has 1 unspecified atom stereocenters. The second-order valence-electron chi connectivity index (χ2n) is 4.41. The number of nitrogens with zero attached hydrogens (tertiary/aromatic N) is 1. The Kier molecular flexibility index (Phi) is 3.89. The molecule has 1 aliphatic rings. The van der Waals surface area contributed by atoms with Gasteiger partial charge in [-0.3, -0.25) is 0 Å². The van der Waals surface area contributed by atoms with Gasteiger partial charge in [0.15, 0.2) is 6.10 Å². The number of aliphatic hydroxyl groups is 1. The quantitative estimate of drug-likeness (QED) is 0.676. The SMILES string of the molecule is CC(C)C1CN(CCC(O)C(=O)O)C1. The van der Waals surface area contributed by atoms with E-state index in [0.29, 0.717) is 18.9 Å². The molecule has 0 aromatic carbocycles. The van der Waals surface area contributed by atoms with Gasteiger partial charge in [-0.05, 0) is 18.3 Å². The normalized spacial score (nSPS) is 20.9. The highest BCUT2D eigenvalue weighted by molar-refractivity contribution is 5.71. The van der Waals surface area contributed by atoms with Crippen molar-refractivity contribution in [2.75, 3.05) is 19.6 Å². The summed E-state index contributed by atoms with van der Waals surface area (Å²) in [4.78, 5) is 12.5. The van der Waals surface area contributed by atoms with Gasteiger partial charge in [-0.25, -0.2) is 4.79 Å². The second kappa shape index (κ2) is 4.75. The molecule has 0 spiro atoms. The van der Waals surface area contributed by atoms with Gasteiger partial charge in [0.05, 0.1) is 0 Å². The van der Waals surface area contributed by atoms with E-state index >= 15 is 0 Å². The van der Waals surface area contributed by atoms with Crippen molar-refractivity contribution < 1.29 is 15.0 Å². The van der Waals surface area contributed by atoms with Gasteiger partial charge in [0.25, 0.3) is 0 Å². The van der Waals surface area contributed by atoms with E-state index in [4.69, 9.17) is 10.2 Å². The van der Waals surface area contributed by atoms with Crippen molar-refractivity contribution in [2.24, 2.45) is 11.8 Å². The monoisotopic (exact) mass is 201 g/mol. The van der Waals surface area contributed by atoms with Crippen molar-refractivity contribution in [1.29, 1.82) is 0 Å². The summed E-state index contributed by atoms with van der Waals surface area (Å²) in [6, 6.07) is 0. The predicted molar refractivity (Wildman–Crippen MR) is 53.0 cm³/mol. The minimum Gasteiger partial charge on any atom is -0.479 e. The van der Waals surface area contributed by atoms with Crippen LogP contribution in [0.3, 0.4) is 0 Å². The molecule has 0 aliphatic carbocycles. The van der Waals surface area contributed by atoms with E-state index in [9.17, 15) is 4.79 Å². The van der Waals surface area contributed by atoms with E-state index in [1.807, 2.05) is 0 Å². The molecular formula is C10H19NO3. The van der Waals surface area contributed by atoms with E-state index < -0.39 is 12.1 Å². The Hall–Kier alpha value is -0.610. The van der Waals surface area contributed by atoms with Gasteiger partial charge in [-0.2, -0.15) is 0 Å². The van der Waals surface area contributed by atoms with Crippen LogP contribution in [0.25, 0.3) is 0 Å². The lowest BCUT2D eigenvalue weighted by atomic mass is 9.88. The third-order valence-corrected chi connectivity index (χ3v) is 2.93. The molecule has 4 nitrogen and oxygen atoms in total. The summed E-state index contributed by atoms with van der Waals surface area (Å²) >= 11 is 0. The van der Waals surface area contributed by atoms with Gasteiger partial charge >= 0.3 is 5.97 Å². The van der Waals surface area contributed by atoms with Crippen LogP contribution in [0.1, 0.15) is 20.3 Å². The summed E-state index contributed by atoms with van der Waals surface area (Å²) in [6.07, 6.45) is -0.867. The summed E-state index contributed by atoms with van der Waals surface area (Å²) < 4.78 is 0. The summed E-state index contributed by atoms with van der Waals surface area (Å²) in [5.41, 5.74) is 0. The summed E-state index contributed by atoms with van der Waals surface area (Å²) in [5.74, 6) is 0.332. The van der Waals surface area contributed by atoms with Crippen LogP contribution in [0, 0.1) is 11.8 Å². The summed E-state index contributed by atoms with van der Waals surface area (Å²) in [6.45, 7) is 7.19. The molecule has 1 heterocycles. The number of rotatable bonds is 5. The average molecular weight is 201 g/mol. The molecular weight excluding hydrogens is 182 g/mol. The molecule has 4 heteroatoms. The molecule has 0 amide bonds. The summed E-state index contributed by atoms with van der Waals surface area (Å²) in [5, 5.41) is 17.5. The average Bonchev–Trinajstić information content (AvgIpc) is 1.99. The first-order chi connectivity index (χ1) is 6.50. The number of hydrogen-bond acceptors (Lipinski definition) is 3. The minimum atomic E-state index is -1.20. The highest BCUT2D eigenvalue weighted by Crippen LogP contribution is 2.23. The van der Waals surface area contributed by atoms with E-state index in [2.05, 4.69) is 18.7 Å². The zero-order valence-corrected chi connectivity index (χ0v) is 8.81. The van der Waals surface area contributed by atoms with Gasteiger partial charge in [-0.15, -0.1) is 0 Å². The maximum Gasteiger partial charge on any atom is 0.332 e. The smallest absolute Gasteiger partial charge is 0.332 e. The lowest BCUT2D eigenvalue weighted by molar-refractivity contribution is -0.147. The van der Waals surface area contributed by atoms with Gasteiger partial charge in [0.1, 0.15) is 0 Å². The first-order valence-corrected chi connectivity index (χ1v) is 5.14. The number of aliphatic carboxylic acids is 1. The fraction of sp³-hybridized carbons (Fsp3) is 0.900. The lowest BCUT2D eigenvalue weighted by Gasteiger charge is -2.41. The molecule has 0 aromatic rings. The number of carbonyl (C=O) groups is 1. The van der Waals surface area contributed by atoms with E-state index in [1.165, 1.54) is 0 Å². The third-order valence-electron chi connectivity index (χ3n) is 2.93. The van der Waals surface area contributed by atoms with Gasteiger partial charge in [0.2, 0.25) is 0 Å². The van der Waals surface area contributed by atoms with Gasteiger partial charge in [0, 0.05) is 19.6 Å². The molecule has 1 rings (SSSR count). The minimum absolute atomic E-state index is 0.333. The standard InChI is InChI=1S/C10H19NO3/c1-7(2)8-5-11(6-8)4-3-9(12)10(13)14/h7-9,12H,3-6H2,1-2H3,(H,13,14). The summed E-state index contributed by atoms with van der Waals surface area (Å²) in [7, 11) is 0. The highest BCUT2D eigenvalue weighted by Gasteiger charge is 2.29. The van der Waals surface area contributed by atoms with Crippen LogP contribution < -0.4 is 0 Å². The van der Waals surface area contributed by atoms with Crippen LogP contribution in [0.4, 0.5) is 0 Å². The Morgan fingerprint density at radius 2 is 2.07 bits per heavy atom. The Labute approximate surface area is 84.5 Å². The first kappa shape index (κ1) is 11.5. The van der Waals surface area contributed by atoms with Crippen molar-refractivity contribution in [3.63, 3.8) is 0 Å². The van der Waals surface area contributed by atoms with Gasteiger partial charge in [-0.1, -0.05) is 13.8 Å². The fourth-order valence-electron chi connectivity index (χ4n) is 1.64. The Bertz CT molecular complexity index is 200. The van der Waals surface area contributed by atoms with Crippen LogP contribution >= 0.6 is 0 Å². The molecule has 1 fully saturated rings. The van der Waals surface area contributed by atoms with Crippen molar-refractivity contribution >= 4 is 5.97 Å². The first-order valence-electron chi connectivity index (χ1n) is 5.14. The molecule has 14 heavy (non-hydrogen) atoms. The molecule has 1 atom stereocenters. The van der Waals surface area contributed by atoms with Crippen molar-refractivity contribution in [3.8, 4) is 0 Å². The molecule has 1 saturated heterocycles. The van der Waals surface area contributed by atoms with Crippen LogP contribution in [0.15, 0.2) is 0 Å². The van der Waals surface area contributed by atoms with E-state index in [0.717, 1.165) is 19.0 Å². The van der Waals surface area contributed by atoms with Crippen molar-refractivity contribution in [1.82, 2.24) is 4.90 Å². The van der Waals surface area contributed by atoms with Crippen LogP contribution in [0.5, 0.6) is 0 Å². The predicted octanol–water partition coefficient (Wildman–Crippen LogP) is 0.410. The van der Waals surface area contributed by atoms with Crippen LogP contribution in [-0.2, 0) is 4.79 Å². The fourth-order valence-corrected chi connectivity index (χ4v) is 1.64. The number of likely N-dealkylation sites (tertiary alicyclic amines) is 1. The Morgan fingerprint density at radius 3 is 2.50 bits per heavy atom. The maximum absolute atomic E-state index is 10.3. The number of aliphatic hydroxyl groups excluding tert-OH is 1. The lowest BCUT2D eigenvalue weighted by Crippen LogP contribution is -2.49. The van der Waals surface area contributed by atoms with Crippen LogP contribution in [-0.4, -0.2) is 46.8 Å². The molecule has 82 valence electrons. The topological polar surface area (TPSA) is 60.8 Å². The number of carboxylic acid groups (broad SMARTS) is 1. The molecule has 1 aliphatic heterocycles. The van der Waals surface area contributed by atoms with Gasteiger partial charge < -0.3 is 15.1 Å². The number of hydrogen-bond donors (Lipinski definition) is 2. The highest BCUT2D eigenvalue weighted by atomic mass is 16.4. The van der Waals surface area contributed by atoms with E-state index in [1.54, 1.807) is 0 Å². The molecule has 0 bridgehead atoms. The third kappa shape index (κ3) is 2.96. The zero-order valence-electron chi connectivity index (χ0n) is 8.81. The Balaban J connectivity index is 2.09. The molecule has 0 saturated carbocycles. The van der Waals surface area contributed by atoms with Crippen molar-refractivity contribution in [3.05, 3.63) is 0 Å². The van der Waals surface area contributed by atoms with Crippen molar-refractivity contribution in [2.45, 2.75) is 26.4 Å². The zero-order chi connectivity index (χ0) is 10.7. The Morgan fingerprint density at radius 1 is 1.50 bits per heavy atom.